The number of carboxylic acids is 1. The van der Waals surface area contributed by atoms with Gasteiger partial charge in [-0.25, -0.2) is 0 Å². The second-order valence-electron chi connectivity index (χ2n) is 5.64. The Bertz CT molecular complexity index is 878. The lowest BCUT2D eigenvalue weighted by atomic mass is 10.1. The van der Waals surface area contributed by atoms with E-state index in [2.05, 4.69) is 10.2 Å². The van der Waals surface area contributed by atoms with Gasteiger partial charge in [0, 0.05) is 23.0 Å². The predicted molar refractivity (Wildman–Crippen MR) is 95.2 cm³/mol. The largest absolute Gasteiger partial charge is 0.481 e. The molecule has 3 N–H and O–H groups in total. The van der Waals surface area contributed by atoms with Crippen molar-refractivity contribution in [2.24, 2.45) is 5.73 Å². The second-order valence-corrected chi connectivity index (χ2v) is 6.08. The quantitative estimate of drug-likeness (QED) is 0.651. The van der Waals surface area contributed by atoms with E-state index in [4.69, 9.17) is 31.6 Å². The monoisotopic (exact) mass is 373 g/mol. The zero-order valence-electron chi connectivity index (χ0n) is 13.6. The minimum Gasteiger partial charge on any atom is -0.481 e. The minimum atomic E-state index is -0.964. The molecule has 1 unspecified atom stereocenters. The summed E-state index contributed by atoms with van der Waals surface area (Å²) in [5, 5.41) is 17.2. The van der Waals surface area contributed by atoms with Crippen molar-refractivity contribution in [3.05, 3.63) is 59.4 Å². The van der Waals surface area contributed by atoms with E-state index in [1.165, 1.54) is 0 Å². The van der Waals surface area contributed by atoms with Gasteiger partial charge >= 0.3 is 5.97 Å². The Kier molecular flexibility index (Phi) is 5.50. The van der Waals surface area contributed by atoms with Crippen LogP contribution in [0.3, 0.4) is 0 Å². The molecule has 3 aromatic rings. The molecule has 0 saturated heterocycles. The maximum Gasteiger partial charge on any atom is 0.304 e. The van der Waals surface area contributed by atoms with E-state index >= 15 is 0 Å². The zero-order valence-corrected chi connectivity index (χ0v) is 14.4. The van der Waals surface area contributed by atoms with Crippen molar-refractivity contribution in [2.45, 2.75) is 18.9 Å². The highest BCUT2D eigenvalue weighted by Crippen LogP contribution is 2.26. The molecule has 26 heavy (non-hydrogen) atoms. The van der Waals surface area contributed by atoms with Gasteiger partial charge in [-0.1, -0.05) is 11.6 Å². The Balaban J connectivity index is 1.65. The van der Waals surface area contributed by atoms with E-state index in [-0.39, 0.29) is 12.8 Å². The number of aliphatic carboxylic acids is 1. The number of hydrogen-bond acceptors (Lipinski definition) is 6. The third kappa shape index (κ3) is 4.81. The normalized spacial score (nSPS) is 11.9. The Morgan fingerprint density at radius 3 is 2.35 bits per heavy atom. The molecule has 1 heterocycles. The second kappa shape index (κ2) is 7.99. The molecule has 0 aliphatic carbocycles. The lowest BCUT2D eigenvalue weighted by Crippen LogP contribution is -2.26. The van der Waals surface area contributed by atoms with Crippen LogP contribution in [0.1, 0.15) is 12.3 Å². The van der Waals surface area contributed by atoms with Crippen LogP contribution in [-0.4, -0.2) is 27.3 Å². The summed E-state index contributed by atoms with van der Waals surface area (Å²) in [5.41, 5.74) is 6.44. The Morgan fingerprint density at radius 2 is 1.73 bits per heavy atom. The number of carbonyl (C=O) groups is 1. The number of aromatic nitrogens is 2. The van der Waals surface area contributed by atoms with E-state index in [0.717, 1.165) is 5.56 Å². The number of rotatable bonds is 7. The van der Waals surface area contributed by atoms with E-state index in [9.17, 15) is 4.79 Å². The van der Waals surface area contributed by atoms with Crippen LogP contribution in [0, 0.1) is 0 Å². The van der Waals surface area contributed by atoms with Crippen LogP contribution >= 0.6 is 11.6 Å². The van der Waals surface area contributed by atoms with Crippen molar-refractivity contribution >= 4 is 17.6 Å². The van der Waals surface area contributed by atoms with Crippen molar-refractivity contribution in [1.82, 2.24) is 10.2 Å². The molecule has 7 nitrogen and oxygen atoms in total. The molecule has 0 radical (unpaired) electrons. The SMILES string of the molecule is NC(CC(=O)O)Cc1nnc(-c2ccc(Oc3ccc(Cl)cc3)cc2)o1. The standard InChI is InChI=1S/C18H16ClN3O4/c19-12-3-7-15(8-4-12)25-14-5-1-11(2-6-14)18-22-21-16(26-18)9-13(20)10-17(23)24/h1-8,13H,9-10,20H2,(H,23,24). The minimum absolute atomic E-state index is 0.158. The van der Waals surface area contributed by atoms with Crippen molar-refractivity contribution in [3.63, 3.8) is 0 Å². The van der Waals surface area contributed by atoms with Crippen LogP contribution in [0.25, 0.3) is 11.5 Å². The molecule has 0 spiro atoms. The summed E-state index contributed by atoms with van der Waals surface area (Å²) in [5.74, 6) is 0.998. The summed E-state index contributed by atoms with van der Waals surface area (Å²) in [6, 6.07) is 13.6. The number of carboxylic acid groups (broad SMARTS) is 1. The lowest BCUT2D eigenvalue weighted by molar-refractivity contribution is -0.137. The van der Waals surface area contributed by atoms with Gasteiger partial charge in [-0.3, -0.25) is 4.79 Å². The number of hydrogen-bond donors (Lipinski definition) is 2. The molecular weight excluding hydrogens is 358 g/mol. The molecule has 0 saturated carbocycles. The molecule has 0 bridgehead atoms. The first-order chi connectivity index (χ1) is 12.5. The van der Waals surface area contributed by atoms with Crippen LogP contribution in [-0.2, 0) is 11.2 Å². The summed E-state index contributed by atoms with van der Waals surface area (Å²) in [4.78, 5) is 10.6. The van der Waals surface area contributed by atoms with Crippen LogP contribution in [0.4, 0.5) is 0 Å². The molecule has 2 aromatic carbocycles. The maximum absolute atomic E-state index is 10.6. The summed E-state index contributed by atoms with van der Waals surface area (Å²) < 4.78 is 11.3. The Hall–Kier alpha value is -2.90. The van der Waals surface area contributed by atoms with Gasteiger partial charge in [0.2, 0.25) is 11.8 Å². The molecule has 0 aliphatic heterocycles. The first-order valence-electron chi connectivity index (χ1n) is 7.83. The fourth-order valence-electron chi connectivity index (χ4n) is 2.28. The van der Waals surface area contributed by atoms with Crippen LogP contribution in [0.5, 0.6) is 11.5 Å². The van der Waals surface area contributed by atoms with Gasteiger partial charge in [-0.15, -0.1) is 10.2 Å². The highest BCUT2D eigenvalue weighted by Gasteiger charge is 2.14. The van der Waals surface area contributed by atoms with Crippen LogP contribution < -0.4 is 10.5 Å². The first-order valence-corrected chi connectivity index (χ1v) is 8.21. The zero-order chi connectivity index (χ0) is 18.5. The van der Waals surface area contributed by atoms with Crippen LogP contribution in [0.2, 0.25) is 5.02 Å². The first kappa shape index (κ1) is 17.9. The molecule has 0 aliphatic rings. The third-order valence-corrected chi connectivity index (χ3v) is 3.74. The van der Waals surface area contributed by atoms with Gasteiger partial charge in [0.15, 0.2) is 0 Å². The van der Waals surface area contributed by atoms with Crippen molar-refractivity contribution in [1.29, 1.82) is 0 Å². The lowest BCUT2D eigenvalue weighted by Gasteiger charge is -2.06. The van der Waals surface area contributed by atoms with Gasteiger partial charge in [-0.05, 0) is 48.5 Å². The topological polar surface area (TPSA) is 111 Å². The number of nitrogens with two attached hydrogens (primary N) is 1. The van der Waals surface area contributed by atoms with E-state index in [1.54, 1.807) is 48.5 Å². The third-order valence-electron chi connectivity index (χ3n) is 3.49. The van der Waals surface area contributed by atoms with Gasteiger partial charge in [-0.2, -0.15) is 0 Å². The predicted octanol–water partition coefficient (Wildman–Crippen LogP) is 3.53. The molecular formula is C18H16ClN3O4. The van der Waals surface area contributed by atoms with E-state index in [0.29, 0.717) is 28.3 Å². The molecule has 3 rings (SSSR count). The van der Waals surface area contributed by atoms with Crippen LogP contribution in [0.15, 0.2) is 52.9 Å². The smallest absolute Gasteiger partial charge is 0.304 e. The molecule has 0 amide bonds. The number of halogens is 1. The van der Waals surface area contributed by atoms with Crippen molar-refractivity contribution in [2.75, 3.05) is 0 Å². The molecule has 8 heteroatoms. The summed E-state index contributed by atoms with van der Waals surface area (Å²) in [7, 11) is 0. The fourth-order valence-corrected chi connectivity index (χ4v) is 2.40. The van der Waals surface area contributed by atoms with Crippen molar-refractivity contribution in [3.8, 4) is 23.0 Å². The highest BCUT2D eigenvalue weighted by molar-refractivity contribution is 6.30. The van der Waals surface area contributed by atoms with E-state index < -0.39 is 12.0 Å². The number of nitrogens with zero attached hydrogens (tertiary/aromatic N) is 2. The number of benzene rings is 2. The fraction of sp³-hybridized carbons (Fsp3) is 0.167. The maximum atomic E-state index is 10.6. The van der Waals surface area contributed by atoms with Gasteiger partial charge < -0.3 is 20.0 Å². The average Bonchev–Trinajstić information content (AvgIpc) is 3.05. The van der Waals surface area contributed by atoms with Crippen molar-refractivity contribution < 1.29 is 19.1 Å². The molecule has 0 fully saturated rings. The Morgan fingerprint density at radius 1 is 1.12 bits per heavy atom. The number of ether oxygens (including phenoxy) is 1. The molecule has 134 valence electrons. The summed E-state index contributed by atoms with van der Waals surface area (Å²) >= 11 is 5.85. The molecule has 1 aromatic heterocycles. The average molecular weight is 374 g/mol. The van der Waals surface area contributed by atoms with Gasteiger partial charge in [0.25, 0.3) is 0 Å². The van der Waals surface area contributed by atoms with Gasteiger partial charge in [0.1, 0.15) is 11.5 Å². The Labute approximate surface area is 154 Å². The summed E-state index contributed by atoms with van der Waals surface area (Å²) in [6.07, 6.45) is 0.0471. The highest BCUT2D eigenvalue weighted by atomic mass is 35.5. The van der Waals surface area contributed by atoms with Gasteiger partial charge in [0.05, 0.1) is 6.42 Å². The van der Waals surface area contributed by atoms with E-state index in [1.807, 2.05) is 0 Å². The molecule has 1 atom stereocenters. The summed E-state index contributed by atoms with van der Waals surface area (Å²) in [6.45, 7) is 0.